The van der Waals surface area contributed by atoms with Crippen LogP contribution >= 0.6 is 0 Å². The van der Waals surface area contributed by atoms with Gasteiger partial charge in [-0.1, -0.05) is 17.2 Å². The lowest BCUT2D eigenvalue weighted by atomic mass is 10.0. The van der Waals surface area contributed by atoms with Gasteiger partial charge >= 0.3 is 0 Å². The Labute approximate surface area is 106 Å². The predicted octanol–water partition coefficient (Wildman–Crippen LogP) is 2.20. The van der Waals surface area contributed by atoms with E-state index in [-0.39, 0.29) is 5.56 Å². The van der Waals surface area contributed by atoms with Gasteiger partial charge in [0.2, 0.25) is 0 Å². The molecule has 2 rings (SSSR count). The van der Waals surface area contributed by atoms with Crippen LogP contribution in [0.5, 0.6) is 0 Å². The zero-order valence-corrected chi connectivity index (χ0v) is 10.8. The summed E-state index contributed by atoms with van der Waals surface area (Å²) < 4.78 is 4.99. The second-order valence-electron chi connectivity index (χ2n) is 4.39. The fraction of sp³-hybridized carbons (Fsp3) is 0.286. The number of nitrogens with one attached hydrogen (secondary N) is 1. The third kappa shape index (κ3) is 2.84. The van der Waals surface area contributed by atoms with E-state index in [1.807, 2.05) is 26.0 Å². The van der Waals surface area contributed by atoms with E-state index in [1.165, 1.54) is 6.07 Å². The van der Waals surface area contributed by atoms with Crippen LogP contribution in [0.4, 0.5) is 0 Å². The Hall–Kier alpha value is -1.94. The monoisotopic (exact) mass is 244 g/mol. The van der Waals surface area contributed by atoms with Crippen LogP contribution < -0.4 is 5.56 Å². The standard InChI is InChI=1S/C14H16N2O2/c1-9-4-10(2)6-11(5-9)12-7-14(17)16-13(15-12)8-18-3/h4-7H,8H2,1-3H3,(H,15,16,17). The number of ether oxygens (including phenoxy) is 1. The molecule has 0 saturated heterocycles. The summed E-state index contributed by atoms with van der Waals surface area (Å²) >= 11 is 0. The van der Waals surface area contributed by atoms with Crippen LogP contribution in [0.25, 0.3) is 11.3 Å². The van der Waals surface area contributed by atoms with Gasteiger partial charge in [-0.2, -0.15) is 0 Å². The van der Waals surface area contributed by atoms with E-state index >= 15 is 0 Å². The normalized spacial score (nSPS) is 10.6. The molecule has 1 heterocycles. The van der Waals surface area contributed by atoms with Gasteiger partial charge in [0.1, 0.15) is 12.4 Å². The Morgan fingerprint density at radius 2 is 1.83 bits per heavy atom. The van der Waals surface area contributed by atoms with Crippen LogP contribution in [0.2, 0.25) is 0 Å². The molecule has 0 unspecified atom stereocenters. The van der Waals surface area contributed by atoms with E-state index < -0.39 is 0 Å². The molecule has 0 aliphatic heterocycles. The molecule has 0 atom stereocenters. The fourth-order valence-corrected chi connectivity index (χ4v) is 1.98. The second-order valence-corrected chi connectivity index (χ2v) is 4.39. The van der Waals surface area contributed by atoms with Crippen molar-refractivity contribution in [2.45, 2.75) is 20.5 Å². The van der Waals surface area contributed by atoms with Gasteiger partial charge in [0.15, 0.2) is 0 Å². The van der Waals surface area contributed by atoms with Gasteiger partial charge in [0.25, 0.3) is 5.56 Å². The lowest BCUT2D eigenvalue weighted by molar-refractivity contribution is 0.177. The molecule has 94 valence electrons. The van der Waals surface area contributed by atoms with Gasteiger partial charge in [-0.05, 0) is 26.0 Å². The van der Waals surface area contributed by atoms with Crippen LogP contribution in [0.1, 0.15) is 17.0 Å². The van der Waals surface area contributed by atoms with Gasteiger partial charge in [-0.15, -0.1) is 0 Å². The molecule has 1 N–H and O–H groups in total. The molecule has 0 aliphatic rings. The molecule has 0 fully saturated rings. The Balaban J connectivity index is 2.52. The summed E-state index contributed by atoms with van der Waals surface area (Å²) in [5.74, 6) is 0.541. The van der Waals surface area contributed by atoms with E-state index in [4.69, 9.17) is 4.74 Å². The molecule has 4 heteroatoms. The highest BCUT2D eigenvalue weighted by Gasteiger charge is 2.05. The van der Waals surface area contributed by atoms with Crippen LogP contribution in [0.15, 0.2) is 29.1 Å². The minimum atomic E-state index is -0.161. The van der Waals surface area contributed by atoms with Crippen LogP contribution in [-0.2, 0) is 11.3 Å². The van der Waals surface area contributed by atoms with Crippen LogP contribution in [0.3, 0.4) is 0 Å². The number of hydrogen-bond acceptors (Lipinski definition) is 3. The predicted molar refractivity (Wildman–Crippen MR) is 70.5 cm³/mol. The molecule has 1 aromatic carbocycles. The smallest absolute Gasteiger partial charge is 0.251 e. The average molecular weight is 244 g/mol. The van der Waals surface area contributed by atoms with E-state index in [0.717, 1.165) is 16.7 Å². The van der Waals surface area contributed by atoms with Crippen molar-refractivity contribution in [3.8, 4) is 11.3 Å². The van der Waals surface area contributed by atoms with E-state index in [0.29, 0.717) is 18.1 Å². The van der Waals surface area contributed by atoms with E-state index in [1.54, 1.807) is 7.11 Å². The maximum atomic E-state index is 11.6. The molecule has 0 amide bonds. The Morgan fingerprint density at radius 1 is 1.17 bits per heavy atom. The summed E-state index contributed by atoms with van der Waals surface area (Å²) in [7, 11) is 1.57. The molecule has 0 radical (unpaired) electrons. The SMILES string of the molecule is COCc1nc(-c2cc(C)cc(C)c2)cc(=O)[nH]1. The summed E-state index contributed by atoms with van der Waals surface area (Å²) in [6.07, 6.45) is 0. The average Bonchev–Trinajstić information content (AvgIpc) is 2.27. The van der Waals surface area contributed by atoms with Crippen molar-refractivity contribution in [2.24, 2.45) is 0 Å². The minimum Gasteiger partial charge on any atom is -0.377 e. The number of aromatic amines is 1. The third-order valence-corrected chi connectivity index (χ3v) is 2.59. The minimum absolute atomic E-state index is 0.161. The van der Waals surface area contributed by atoms with Crippen molar-refractivity contribution in [3.63, 3.8) is 0 Å². The first kappa shape index (κ1) is 12.5. The summed E-state index contributed by atoms with van der Waals surface area (Å²) in [5, 5.41) is 0. The quantitative estimate of drug-likeness (QED) is 0.900. The number of hydrogen-bond donors (Lipinski definition) is 1. The molecule has 1 aromatic heterocycles. The first-order valence-electron chi connectivity index (χ1n) is 5.76. The fourth-order valence-electron chi connectivity index (χ4n) is 1.98. The number of methoxy groups -OCH3 is 1. The van der Waals surface area contributed by atoms with Gasteiger partial charge < -0.3 is 9.72 Å². The molecule has 0 spiro atoms. The van der Waals surface area contributed by atoms with Crippen molar-refractivity contribution in [1.29, 1.82) is 0 Å². The zero-order chi connectivity index (χ0) is 13.1. The lowest BCUT2D eigenvalue weighted by Gasteiger charge is -2.06. The number of benzene rings is 1. The first-order chi connectivity index (χ1) is 8.58. The number of nitrogens with zero attached hydrogens (tertiary/aromatic N) is 1. The molecular formula is C14H16N2O2. The van der Waals surface area contributed by atoms with Gasteiger partial charge in [0, 0.05) is 18.7 Å². The molecule has 0 aliphatic carbocycles. The molecule has 18 heavy (non-hydrogen) atoms. The van der Waals surface area contributed by atoms with Crippen LogP contribution in [0, 0.1) is 13.8 Å². The van der Waals surface area contributed by atoms with Crippen molar-refractivity contribution in [1.82, 2.24) is 9.97 Å². The summed E-state index contributed by atoms with van der Waals surface area (Å²) in [4.78, 5) is 18.6. The highest BCUT2D eigenvalue weighted by Crippen LogP contribution is 2.19. The van der Waals surface area contributed by atoms with Crippen molar-refractivity contribution >= 4 is 0 Å². The van der Waals surface area contributed by atoms with E-state index in [2.05, 4.69) is 16.0 Å². The van der Waals surface area contributed by atoms with Crippen LogP contribution in [-0.4, -0.2) is 17.1 Å². The number of H-pyrrole nitrogens is 1. The maximum Gasteiger partial charge on any atom is 0.251 e. The Bertz CT molecular complexity index is 597. The lowest BCUT2D eigenvalue weighted by Crippen LogP contribution is -2.11. The van der Waals surface area contributed by atoms with Crippen molar-refractivity contribution in [2.75, 3.05) is 7.11 Å². The summed E-state index contributed by atoms with van der Waals surface area (Å²) in [5.41, 5.74) is 3.78. The highest BCUT2D eigenvalue weighted by atomic mass is 16.5. The largest absolute Gasteiger partial charge is 0.377 e. The highest BCUT2D eigenvalue weighted by molar-refractivity contribution is 5.60. The summed E-state index contributed by atoms with van der Waals surface area (Å²) in [6.45, 7) is 4.35. The Morgan fingerprint density at radius 3 is 2.44 bits per heavy atom. The van der Waals surface area contributed by atoms with Crippen molar-refractivity contribution < 1.29 is 4.74 Å². The van der Waals surface area contributed by atoms with E-state index in [9.17, 15) is 4.79 Å². The topological polar surface area (TPSA) is 55.0 Å². The number of aryl methyl sites for hydroxylation is 2. The molecular weight excluding hydrogens is 228 g/mol. The van der Waals surface area contributed by atoms with Gasteiger partial charge in [0.05, 0.1) is 5.69 Å². The summed E-state index contributed by atoms with van der Waals surface area (Å²) in [6, 6.07) is 7.64. The Kier molecular flexibility index (Phi) is 3.58. The number of aromatic nitrogens is 2. The van der Waals surface area contributed by atoms with Gasteiger partial charge in [-0.3, -0.25) is 4.79 Å². The second kappa shape index (κ2) is 5.14. The molecule has 4 nitrogen and oxygen atoms in total. The molecule has 2 aromatic rings. The zero-order valence-electron chi connectivity index (χ0n) is 10.8. The first-order valence-corrected chi connectivity index (χ1v) is 5.76. The number of rotatable bonds is 3. The maximum absolute atomic E-state index is 11.6. The molecule has 0 bridgehead atoms. The van der Waals surface area contributed by atoms with Crippen molar-refractivity contribution in [3.05, 3.63) is 51.6 Å². The van der Waals surface area contributed by atoms with Gasteiger partial charge in [-0.25, -0.2) is 4.98 Å². The molecule has 0 saturated carbocycles. The third-order valence-electron chi connectivity index (χ3n) is 2.59.